The number of likely N-dealkylation sites (tertiary alicyclic amines) is 1. The standard InChI is InChI=1S/C27H27ClN4O3/c1-18-6-2-3-7-23(18)24(31-27(35)30-22-14-10-20(28)11-15-22)25(33)29-21-12-8-19(9-13-21)26(34)32-16-4-5-17-32/h2-3,6-15,24H,4-5,16-17H2,1H3,(H,29,33)(H2,30,31,35). The van der Waals surface area contributed by atoms with Crippen molar-refractivity contribution in [2.45, 2.75) is 25.8 Å². The fraction of sp³-hybridized carbons (Fsp3) is 0.222. The van der Waals surface area contributed by atoms with Gasteiger partial charge in [0.2, 0.25) is 0 Å². The van der Waals surface area contributed by atoms with Crippen LogP contribution in [0.1, 0.15) is 40.4 Å². The molecule has 0 aromatic heterocycles. The van der Waals surface area contributed by atoms with Crippen molar-refractivity contribution in [3.63, 3.8) is 0 Å². The second-order valence-electron chi connectivity index (χ2n) is 8.46. The summed E-state index contributed by atoms with van der Waals surface area (Å²) in [4.78, 5) is 40.4. The molecule has 7 nitrogen and oxygen atoms in total. The van der Waals surface area contributed by atoms with E-state index in [0.717, 1.165) is 31.5 Å². The molecular formula is C27H27ClN4O3. The number of benzene rings is 3. The summed E-state index contributed by atoms with van der Waals surface area (Å²) >= 11 is 5.91. The minimum Gasteiger partial charge on any atom is -0.339 e. The van der Waals surface area contributed by atoms with Crippen LogP contribution in [0.5, 0.6) is 0 Å². The Bertz CT molecular complexity index is 1210. The van der Waals surface area contributed by atoms with Gasteiger partial charge in [0.1, 0.15) is 6.04 Å². The van der Waals surface area contributed by atoms with E-state index in [2.05, 4.69) is 16.0 Å². The van der Waals surface area contributed by atoms with Gasteiger partial charge in [-0.3, -0.25) is 9.59 Å². The van der Waals surface area contributed by atoms with Crippen molar-refractivity contribution in [3.05, 3.63) is 94.5 Å². The number of hydrogen-bond donors (Lipinski definition) is 3. The second-order valence-corrected chi connectivity index (χ2v) is 8.90. The van der Waals surface area contributed by atoms with Crippen LogP contribution < -0.4 is 16.0 Å². The van der Waals surface area contributed by atoms with E-state index in [-0.39, 0.29) is 5.91 Å². The number of anilines is 2. The van der Waals surface area contributed by atoms with Gasteiger partial charge in [-0.15, -0.1) is 0 Å². The van der Waals surface area contributed by atoms with E-state index in [1.54, 1.807) is 54.6 Å². The number of carbonyl (C=O) groups is 3. The number of nitrogens with zero attached hydrogens (tertiary/aromatic N) is 1. The SMILES string of the molecule is Cc1ccccc1C(NC(=O)Nc1ccc(Cl)cc1)C(=O)Nc1ccc(C(=O)N2CCCC2)cc1. The largest absolute Gasteiger partial charge is 0.339 e. The molecule has 1 aliphatic heterocycles. The zero-order valence-corrected chi connectivity index (χ0v) is 20.1. The number of hydrogen-bond acceptors (Lipinski definition) is 3. The zero-order valence-electron chi connectivity index (χ0n) is 19.4. The molecule has 3 aromatic carbocycles. The van der Waals surface area contributed by atoms with Gasteiger partial charge in [-0.05, 0) is 79.4 Å². The van der Waals surface area contributed by atoms with E-state index in [1.165, 1.54) is 0 Å². The van der Waals surface area contributed by atoms with E-state index in [0.29, 0.717) is 27.5 Å². The molecule has 4 rings (SSSR count). The van der Waals surface area contributed by atoms with Gasteiger partial charge < -0.3 is 20.9 Å². The third-order valence-electron chi connectivity index (χ3n) is 5.93. The fourth-order valence-corrected chi connectivity index (χ4v) is 4.17. The third kappa shape index (κ3) is 6.19. The maximum absolute atomic E-state index is 13.3. The molecule has 0 spiro atoms. The summed E-state index contributed by atoms with van der Waals surface area (Å²) in [5.74, 6) is -0.400. The summed E-state index contributed by atoms with van der Waals surface area (Å²) in [6, 6.07) is 19.4. The van der Waals surface area contributed by atoms with Gasteiger partial charge in [-0.2, -0.15) is 0 Å². The summed E-state index contributed by atoms with van der Waals surface area (Å²) in [5, 5.41) is 8.90. The molecule has 0 bridgehead atoms. The molecule has 1 atom stereocenters. The number of halogens is 1. The minimum atomic E-state index is -0.936. The highest BCUT2D eigenvalue weighted by Crippen LogP contribution is 2.22. The lowest BCUT2D eigenvalue weighted by Gasteiger charge is -2.21. The summed E-state index contributed by atoms with van der Waals surface area (Å²) in [6.45, 7) is 3.44. The monoisotopic (exact) mass is 490 g/mol. The first-order chi connectivity index (χ1) is 16.9. The Morgan fingerprint density at radius 2 is 1.43 bits per heavy atom. The van der Waals surface area contributed by atoms with E-state index >= 15 is 0 Å². The van der Waals surface area contributed by atoms with Crippen molar-refractivity contribution in [1.29, 1.82) is 0 Å². The zero-order chi connectivity index (χ0) is 24.8. The summed E-state index contributed by atoms with van der Waals surface area (Å²) < 4.78 is 0. The first-order valence-corrected chi connectivity index (χ1v) is 11.9. The molecule has 1 unspecified atom stereocenters. The quantitative estimate of drug-likeness (QED) is 0.433. The van der Waals surface area contributed by atoms with Crippen molar-refractivity contribution < 1.29 is 14.4 Å². The van der Waals surface area contributed by atoms with E-state index in [4.69, 9.17) is 11.6 Å². The molecular weight excluding hydrogens is 464 g/mol. The van der Waals surface area contributed by atoms with Crippen LogP contribution in [-0.4, -0.2) is 35.8 Å². The predicted octanol–water partition coefficient (Wildman–Crippen LogP) is 5.39. The van der Waals surface area contributed by atoms with E-state index < -0.39 is 18.0 Å². The fourth-order valence-electron chi connectivity index (χ4n) is 4.04. The first kappa shape index (κ1) is 24.3. The number of amides is 4. The van der Waals surface area contributed by atoms with Crippen LogP contribution in [-0.2, 0) is 4.79 Å². The normalized spacial score (nSPS) is 13.7. The Hall–Kier alpha value is -3.84. The molecule has 1 heterocycles. The number of aryl methyl sites for hydroxylation is 1. The van der Waals surface area contributed by atoms with Crippen molar-refractivity contribution in [2.24, 2.45) is 0 Å². The molecule has 0 saturated carbocycles. The number of rotatable bonds is 6. The highest BCUT2D eigenvalue weighted by molar-refractivity contribution is 6.30. The molecule has 1 fully saturated rings. The van der Waals surface area contributed by atoms with Crippen LogP contribution in [0.3, 0.4) is 0 Å². The molecule has 0 radical (unpaired) electrons. The van der Waals surface area contributed by atoms with Crippen molar-refractivity contribution in [2.75, 3.05) is 23.7 Å². The number of carbonyl (C=O) groups excluding carboxylic acids is 3. The molecule has 3 N–H and O–H groups in total. The Morgan fingerprint density at radius 3 is 2.09 bits per heavy atom. The number of nitrogens with one attached hydrogen (secondary N) is 3. The van der Waals surface area contributed by atoms with Gasteiger partial charge >= 0.3 is 6.03 Å². The third-order valence-corrected chi connectivity index (χ3v) is 6.18. The molecule has 3 aromatic rings. The highest BCUT2D eigenvalue weighted by Gasteiger charge is 2.25. The van der Waals surface area contributed by atoms with Gasteiger partial charge in [-0.1, -0.05) is 35.9 Å². The van der Waals surface area contributed by atoms with Crippen molar-refractivity contribution in [1.82, 2.24) is 10.2 Å². The Morgan fingerprint density at radius 1 is 0.829 bits per heavy atom. The maximum atomic E-state index is 13.3. The number of urea groups is 1. The lowest BCUT2D eigenvalue weighted by Crippen LogP contribution is -2.39. The Labute approximate surface area is 209 Å². The van der Waals surface area contributed by atoms with Crippen LogP contribution in [0.15, 0.2) is 72.8 Å². The van der Waals surface area contributed by atoms with Crippen LogP contribution in [0, 0.1) is 6.92 Å². The molecule has 1 saturated heterocycles. The average molecular weight is 491 g/mol. The van der Waals surface area contributed by atoms with Crippen LogP contribution in [0.2, 0.25) is 5.02 Å². The van der Waals surface area contributed by atoms with Gasteiger partial charge in [0.25, 0.3) is 11.8 Å². The first-order valence-electron chi connectivity index (χ1n) is 11.5. The second kappa shape index (κ2) is 11.1. The summed E-state index contributed by atoms with van der Waals surface area (Å²) in [6.07, 6.45) is 2.05. The summed E-state index contributed by atoms with van der Waals surface area (Å²) in [7, 11) is 0. The van der Waals surface area contributed by atoms with Crippen LogP contribution in [0.25, 0.3) is 0 Å². The topological polar surface area (TPSA) is 90.5 Å². The van der Waals surface area contributed by atoms with E-state index in [1.807, 2.05) is 30.0 Å². The maximum Gasteiger partial charge on any atom is 0.320 e. The van der Waals surface area contributed by atoms with Crippen molar-refractivity contribution in [3.8, 4) is 0 Å². The predicted molar refractivity (Wildman–Crippen MR) is 138 cm³/mol. The lowest BCUT2D eigenvalue weighted by molar-refractivity contribution is -0.118. The van der Waals surface area contributed by atoms with Gasteiger partial charge in [0.15, 0.2) is 0 Å². The average Bonchev–Trinajstić information content (AvgIpc) is 3.40. The Kier molecular flexibility index (Phi) is 7.67. The van der Waals surface area contributed by atoms with Gasteiger partial charge in [0.05, 0.1) is 0 Å². The van der Waals surface area contributed by atoms with Crippen LogP contribution in [0.4, 0.5) is 16.2 Å². The molecule has 8 heteroatoms. The molecule has 4 amide bonds. The Balaban J connectivity index is 1.48. The summed E-state index contributed by atoms with van der Waals surface area (Å²) in [5.41, 5.74) is 3.21. The van der Waals surface area contributed by atoms with Crippen molar-refractivity contribution >= 4 is 40.8 Å². The lowest BCUT2D eigenvalue weighted by atomic mass is 10.0. The van der Waals surface area contributed by atoms with E-state index in [9.17, 15) is 14.4 Å². The minimum absolute atomic E-state index is 0.00120. The smallest absolute Gasteiger partial charge is 0.320 e. The molecule has 1 aliphatic rings. The molecule has 180 valence electrons. The van der Waals surface area contributed by atoms with Gasteiger partial charge in [-0.25, -0.2) is 4.79 Å². The molecule has 0 aliphatic carbocycles. The molecule has 35 heavy (non-hydrogen) atoms. The van der Waals surface area contributed by atoms with Crippen LogP contribution >= 0.6 is 11.6 Å². The highest BCUT2D eigenvalue weighted by atomic mass is 35.5. The van der Waals surface area contributed by atoms with Gasteiger partial charge in [0, 0.05) is 35.1 Å².